The molecule has 1 saturated heterocycles. The van der Waals surface area contributed by atoms with Crippen LogP contribution in [0.3, 0.4) is 0 Å². The molecule has 2 heterocycles. The molecule has 0 atom stereocenters. The van der Waals surface area contributed by atoms with Crippen LogP contribution in [0.15, 0.2) is 36.5 Å². The van der Waals surface area contributed by atoms with E-state index in [9.17, 15) is 9.18 Å². The molecule has 0 bridgehead atoms. The van der Waals surface area contributed by atoms with Gasteiger partial charge in [-0.25, -0.2) is 9.37 Å². The molecule has 2 N–H and O–H groups in total. The minimum Gasteiger partial charge on any atom is -0.379 e. The third kappa shape index (κ3) is 4.36. The Morgan fingerprint density at radius 1 is 1.31 bits per heavy atom. The molecule has 7 heteroatoms. The monoisotopic (exact) mass is 358 g/mol. The Morgan fingerprint density at radius 3 is 2.65 bits per heavy atom. The van der Waals surface area contributed by atoms with Gasteiger partial charge >= 0.3 is 0 Å². The summed E-state index contributed by atoms with van der Waals surface area (Å²) in [6.07, 6.45) is 1.65. The first-order chi connectivity index (χ1) is 12.5. The smallest absolute Gasteiger partial charge is 0.267 e. The number of carbonyl (C=O) groups is 1. The lowest BCUT2D eigenvalue weighted by molar-refractivity contribution is 0.0393. The van der Waals surface area contributed by atoms with Gasteiger partial charge in [0.1, 0.15) is 11.5 Å². The first-order valence-corrected chi connectivity index (χ1v) is 8.61. The highest BCUT2D eigenvalue weighted by Gasteiger charge is 2.16. The van der Waals surface area contributed by atoms with Gasteiger partial charge in [0, 0.05) is 38.8 Å². The van der Waals surface area contributed by atoms with E-state index in [-0.39, 0.29) is 11.5 Å². The number of carbonyl (C=O) groups excluding carboxylic acids is 1. The van der Waals surface area contributed by atoms with Crippen molar-refractivity contribution in [3.05, 3.63) is 48.0 Å². The molecule has 1 aromatic carbocycles. The molecule has 1 aliphatic heterocycles. The predicted molar refractivity (Wildman–Crippen MR) is 98.7 cm³/mol. The number of amides is 1. The Balaban J connectivity index is 1.84. The van der Waals surface area contributed by atoms with Gasteiger partial charge in [0.25, 0.3) is 5.91 Å². The van der Waals surface area contributed by atoms with Crippen molar-refractivity contribution in [3.8, 4) is 11.1 Å². The Labute approximate surface area is 152 Å². The van der Waals surface area contributed by atoms with Gasteiger partial charge in [-0.05, 0) is 23.8 Å². The Hall–Kier alpha value is -2.51. The largest absolute Gasteiger partial charge is 0.379 e. The minimum absolute atomic E-state index is 0.189. The molecule has 138 valence electrons. The summed E-state index contributed by atoms with van der Waals surface area (Å²) < 4.78 is 18.7. The lowest BCUT2D eigenvalue weighted by Gasteiger charge is -2.30. The number of rotatable bonds is 6. The van der Waals surface area contributed by atoms with Crippen molar-refractivity contribution in [2.24, 2.45) is 5.73 Å². The number of nitrogens with zero attached hydrogens (tertiary/aromatic N) is 3. The summed E-state index contributed by atoms with van der Waals surface area (Å²) >= 11 is 0. The summed E-state index contributed by atoms with van der Waals surface area (Å²) in [5, 5.41) is 0. The van der Waals surface area contributed by atoms with Gasteiger partial charge in [-0.2, -0.15) is 0 Å². The number of primary amides is 1. The highest BCUT2D eigenvalue weighted by atomic mass is 19.1. The van der Waals surface area contributed by atoms with Gasteiger partial charge < -0.3 is 15.4 Å². The summed E-state index contributed by atoms with van der Waals surface area (Å²) in [4.78, 5) is 20.1. The van der Waals surface area contributed by atoms with Crippen LogP contribution in [0.4, 0.5) is 10.1 Å². The van der Waals surface area contributed by atoms with Crippen LogP contribution in [0.1, 0.15) is 10.5 Å². The van der Waals surface area contributed by atoms with Crippen LogP contribution >= 0.6 is 0 Å². The van der Waals surface area contributed by atoms with Crippen LogP contribution in [0.5, 0.6) is 0 Å². The van der Waals surface area contributed by atoms with Crippen LogP contribution in [-0.2, 0) is 4.74 Å². The minimum atomic E-state index is -0.587. The molecule has 0 saturated carbocycles. The Morgan fingerprint density at radius 2 is 2.00 bits per heavy atom. The molecular formula is C19H23FN4O2. The molecule has 0 aliphatic carbocycles. The van der Waals surface area contributed by atoms with E-state index >= 15 is 0 Å². The summed E-state index contributed by atoms with van der Waals surface area (Å²) in [6.45, 7) is 5.08. The molecule has 1 aromatic heterocycles. The SMILES string of the molecule is CN(CCN1CCOCC1)c1cnc(C(N)=O)cc1-c1ccc(F)cc1. The quantitative estimate of drug-likeness (QED) is 0.852. The number of aromatic nitrogens is 1. The number of hydrogen-bond donors (Lipinski definition) is 1. The molecule has 0 radical (unpaired) electrons. The van der Waals surface area contributed by atoms with Gasteiger partial charge in [-0.15, -0.1) is 0 Å². The number of halogens is 1. The molecule has 6 nitrogen and oxygen atoms in total. The van der Waals surface area contributed by atoms with E-state index in [1.165, 1.54) is 12.1 Å². The van der Waals surface area contributed by atoms with Crippen molar-refractivity contribution in [3.63, 3.8) is 0 Å². The maximum atomic E-state index is 13.3. The zero-order valence-corrected chi connectivity index (χ0v) is 14.8. The van der Waals surface area contributed by atoms with Crippen molar-refractivity contribution in [2.45, 2.75) is 0 Å². The average molecular weight is 358 g/mol. The van der Waals surface area contributed by atoms with Crippen molar-refractivity contribution in [1.29, 1.82) is 0 Å². The van der Waals surface area contributed by atoms with E-state index in [0.717, 1.165) is 56.2 Å². The van der Waals surface area contributed by atoms with Gasteiger partial charge in [0.05, 0.1) is 25.1 Å². The van der Waals surface area contributed by atoms with Gasteiger partial charge in [0.2, 0.25) is 0 Å². The first-order valence-electron chi connectivity index (χ1n) is 8.61. The summed E-state index contributed by atoms with van der Waals surface area (Å²) in [5.41, 5.74) is 8.05. The second-order valence-electron chi connectivity index (χ2n) is 6.33. The maximum Gasteiger partial charge on any atom is 0.267 e. The topological polar surface area (TPSA) is 71.7 Å². The normalized spacial score (nSPS) is 15.0. The fourth-order valence-electron chi connectivity index (χ4n) is 2.98. The second kappa shape index (κ2) is 8.25. The molecule has 1 amide bonds. The Kier molecular flexibility index (Phi) is 5.80. The Bertz CT molecular complexity index is 761. The number of benzene rings is 1. The van der Waals surface area contributed by atoms with Crippen LogP contribution in [-0.4, -0.2) is 62.2 Å². The fourth-order valence-corrected chi connectivity index (χ4v) is 2.98. The number of ether oxygens (including phenoxy) is 1. The van der Waals surface area contributed by atoms with E-state index in [1.54, 1.807) is 24.4 Å². The van der Waals surface area contributed by atoms with Gasteiger partial charge in [0.15, 0.2) is 0 Å². The lowest BCUT2D eigenvalue weighted by atomic mass is 10.0. The van der Waals surface area contributed by atoms with Crippen LogP contribution in [0.25, 0.3) is 11.1 Å². The fraction of sp³-hybridized carbons (Fsp3) is 0.368. The number of nitrogens with two attached hydrogens (primary N) is 1. The number of morpholine rings is 1. The number of likely N-dealkylation sites (N-methyl/N-ethyl adjacent to an activating group) is 1. The molecule has 3 rings (SSSR count). The summed E-state index contributed by atoms with van der Waals surface area (Å²) in [5.74, 6) is -0.893. The molecule has 2 aromatic rings. The summed E-state index contributed by atoms with van der Waals surface area (Å²) in [6, 6.07) is 7.84. The number of pyridine rings is 1. The van der Waals surface area contributed by atoms with Crippen LogP contribution < -0.4 is 10.6 Å². The highest BCUT2D eigenvalue weighted by molar-refractivity contribution is 5.93. The molecule has 1 aliphatic rings. The predicted octanol–water partition coefficient (Wildman–Crippen LogP) is 1.75. The first kappa shape index (κ1) is 18.3. The van der Waals surface area contributed by atoms with E-state index in [1.807, 2.05) is 7.05 Å². The molecule has 0 unspecified atom stereocenters. The molecule has 0 spiro atoms. The van der Waals surface area contributed by atoms with E-state index in [2.05, 4.69) is 14.8 Å². The second-order valence-corrected chi connectivity index (χ2v) is 6.33. The highest BCUT2D eigenvalue weighted by Crippen LogP contribution is 2.30. The van der Waals surface area contributed by atoms with Crippen LogP contribution in [0, 0.1) is 5.82 Å². The maximum absolute atomic E-state index is 13.3. The summed E-state index contributed by atoms with van der Waals surface area (Å²) in [7, 11) is 1.98. The van der Waals surface area contributed by atoms with Crippen molar-refractivity contribution in [1.82, 2.24) is 9.88 Å². The van der Waals surface area contributed by atoms with E-state index in [0.29, 0.717) is 0 Å². The molecular weight excluding hydrogens is 335 g/mol. The van der Waals surface area contributed by atoms with Gasteiger partial charge in [-0.1, -0.05) is 12.1 Å². The molecule has 26 heavy (non-hydrogen) atoms. The van der Waals surface area contributed by atoms with Gasteiger partial charge in [-0.3, -0.25) is 9.69 Å². The standard InChI is InChI=1S/C19H23FN4O2/c1-23(6-7-24-8-10-26-11-9-24)18-13-22-17(19(21)25)12-16(18)14-2-4-15(20)5-3-14/h2-5,12-13H,6-11H2,1H3,(H2,21,25). The number of anilines is 1. The lowest BCUT2D eigenvalue weighted by Crippen LogP contribution is -2.40. The third-order valence-electron chi connectivity index (χ3n) is 4.56. The van der Waals surface area contributed by atoms with Crippen LogP contribution in [0.2, 0.25) is 0 Å². The number of hydrogen-bond acceptors (Lipinski definition) is 5. The van der Waals surface area contributed by atoms with E-state index in [4.69, 9.17) is 10.5 Å². The zero-order chi connectivity index (χ0) is 18.5. The zero-order valence-electron chi connectivity index (χ0n) is 14.8. The van der Waals surface area contributed by atoms with Crippen molar-refractivity contribution >= 4 is 11.6 Å². The molecule has 1 fully saturated rings. The third-order valence-corrected chi connectivity index (χ3v) is 4.56. The van der Waals surface area contributed by atoms with Crippen molar-refractivity contribution in [2.75, 3.05) is 51.3 Å². The van der Waals surface area contributed by atoms with E-state index < -0.39 is 5.91 Å². The average Bonchev–Trinajstić information content (AvgIpc) is 2.67. The van der Waals surface area contributed by atoms with Crippen molar-refractivity contribution < 1.29 is 13.9 Å².